The van der Waals surface area contributed by atoms with Gasteiger partial charge in [-0.25, -0.2) is 4.98 Å². The smallest absolute Gasteiger partial charge is 0.151 e. The van der Waals surface area contributed by atoms with Gasteiger partial charge in [-0.2, -0.15) is 0 Å². The van der Waals surface area contributed by atoms with Gasteiger partial charge in [-0.05, 0) is 56.3 Å². The molecule has 0 aliphatic rings. The number of aryl methyl sites for hydroxylation is 1. The van der Waals surface area contributed by atoms with E-state index in [4.69, 9.17) is 0 Å². The maximum absolute atomic E-state index is 4.52. The van der Waals surface area contributed by atoms with E-state index in [1.54, 1.807) is 0 Å². The number of halogens is 2. The molecule has 2 nitrogen and oxygen atoms in total. The van der Waals surface area contributed by atoms with E-state index in [1.165, 1.54) is 16.3 Å². The Kier molecular flexibility index (Phi) is 4.55. The maximum Gasteiger partial charge on any atom is 0.151 e. The molecule has 0 radical (unpaired) electrons. The van der Waals surface area contributed by atoms with E-state index in [1.807, 2.05) is 29.3 Å². The number of hydrogen-bond donors (Lipinski definition) is 0. The Morgan fingerprint density at radius 2 is 2.15 bits per heavy atom. The normalized spacial score (nSPS) is 11.3. The number of thioether (sulfide) groups is 1. The van der Waals surface area contributed by atoms with Crippen LogP contribution in [0.15, 0.2) is 38.7 Å². The van der Waals surface area contributed by atoms with Gasteiger partial charge < -0.3 is 0 Å². The van der Waals surface area contributed by atoms with Crippen LogP contribution in [0.5, 0.6) is 0 Å². The molecule has 104 valence electrons. The van der Waals surface area contributed by atoms with E-state index >= 15 is 0 Å². The Labute approximate surface area is 142 Å². The summed E-state index contributed by atoms with van der Waals surface area (Å²) in [5.41, 5.74) is 3.41. The number of nitrogens with zero attached hydrogens (tertiary/aromatic N) is 2. The summed E-state index contributed by atoms with van der Waals surface area (Å²) in [6.45, 7) is 2.11. The summed E-state index contributed by atoms with van der Waals surface area (Å²) in [7, 11) is 0. The molecule has 0 spiro atoms. The fourth-order valence-corrected chi connectivity index (χ4v) is 5.12. The second-order valence-electron chi connectivity index (χ2n) is 4.41. The number of imidazole rings is 1. The lowest BCUT2D eigenvalue weighted by Crippen LogP contribution is -1.98. The number of fused-ring (bicyclic) bond motifs is 1. The fraction of sp³-hybridized carbons (Fsp3) is 0.214. The first-order valence-electron chi connectivity index (χ1n) is 6.08. The third-order valence-electron chi connectivity index (χ3n) is 3.06. The van der Waals surface area contributed by atoms with Crippen LogP contribution in [-0.2, 0) is 11.5 Å². The van der Waals surface area contributed by atoms with Crippen molar-refractivity contribution in [3.63, 3.8) is 0 Å². The van der Waals surface area contributed by atoms with Gasteiger partial charge in [0, 0.05) is 26.5 Å². The van der Waals surface area contributed by atoms with Crippen LogP contribution < -0.4 is 0 Å². The van der Waals surface area contributed by atoms with Gasteiger partial charge >= 0.3 is 0 Å². The van der Waals surface area contributed by atoms with Gasteiger partial charge in [0.2, 0.25) is 0 Å². The highest BCUT2D eigenvalue weighted by Crippen LogP contribution is 2.29. The first-order valence-corrected chi connectivity index (χ1v) is 9.70. The van der Waals surface area contributed by atoms with Crippen LogP contribution in [0.2, 0.25) is 0 Å². The lowest BCUT2D eigenvalue weighted by Gasteiger charge is -2.08. The highest BCUT2D eigenvalue weighted by molar-refractivity contribution is 9.11. The zero-order valence-electron chi connectivity index (χ0n) is 10.8. The Balaban J connectivity index is 1.85. The van der Waals surface area contributed by atoms with Crippen LogP contribution in [0, 0.1) is 6.92 Å². The molecule has 0 unspecified atom stereocenters. The third-order valence-corrected chi connectivity index (χ3v) is 6.52. The van der Waals surface area contributed by atoms with Crippen molar-refractivity contribution in [1.82, 2.24) is 9.38 Å². The molecule has 0 N–H and O–H groups in total. The quantitative estimate of drug-likeness (QED) is 0.529. The molecule has 20 heavy (non-hydrogen) atoms. The average molecular weight is 432 g/mol. The molecule has 0 aliphatic heterocycles. The van der Waals surface area contributed by atoms with Gasteiger partial charge in [-0.1, -0.05) is 6.07 Å². The SMILES string of the molecule is Cc1c(Br)cc(Br)c2ncc(CSCc3cccs3)n12. The molecule has 6 heteroatoms. The average Bonchev–Trinajstić information content (AvgIpc) is 3.06. The van der Waals surface area contributed by atoms with Gasteiger partial charge in [0.1, 0.15) is 0 Å². The molecule has 3 aromatic heterocycles. The van der Waals surface area contributed by atoms with Gasteiger partial charge in [-0.15, -0.1) is 23.1 Å². The lowest BCUT2D eigenvalue weighted by atomic mass is 10.3. The number of rotatable bonds is 4. The van der Waals surface area contributed by atoms with Gasteiger partial charge in [0.15, 0.2) is 5.65 Å². The summed E-state index contributed by atoms with van der Waals surface area (Å²) in [6, 6.07) is 6.35. The van der Waals surface area contributed by atoms with Crippen molar-refractivity contribution in [3.05, 3.63) is 55.0 Å². The van der Waals surface area contributed by atoms with Crippen molar-refractivity contribution >= 4 is 60.6 Å². The maximum atomic E-state index is 4.52. The van der Waals surface area contributed by atoms with Crippen molar-refractivity contribution in [3.8, 4) is 0 Å². The van der Waals surface area contributed by atoms with Crippen molar-refractivity contribution in [2.45, 2.75) is 18.4 Å². The van der Waals surface area contributed by atoms with Crippen LogP contribution in [0.4, 0.5) is 0 Å². The summed E-state index contributed by atoms with van der Waals surface area (Å²) >= 11 is 10.9. The van der Waals surface area contributed by atoms with Gasteiger partial charge in [-0.3, -0.25) is 4.40 Å². The predicted molar refractivity (Wildman–Crippen MR) is 94.6 cm³/mol. The molecule has 3 aromatic rings. The number of hydrogen-bond acceptors (Lipinski definition) is 3. The Morgan fingerprint density at radius 1 is 1.30 bits per heavy atom. The molecule has 0 aliphatic carbocycles. The number of aromatic nitrogens is 2. The van der Waals surface area contributed by atoms with Crippen molar-refractivity contribution in [2.24, 2.45) is 0 Å². The van der Waals surface area contributed by atoms with E-state index in [0.29, 0.717) is 0 Å². The zero-order valence-corrected chi connectivity index (χ0v) is 15.6. The highest BCUT2D eigenvalue weighted by Gasteiger charge is 2.11. The topological polar surface area (TPSA) is 17.3 Å². The molecule has 0 bridgehead atoms. The molecule has 0 fully saturated rings. The fourth-order valence-electron chi connectivity index (χ4n) is 2.07. The van der Waals surface area contributed by atoms with E-state index < -0.39 is 0 Å². The lowest BCUT2D eigenvalue weighted by molar-refractivity contribution is 1.01. The molecule has 3 rings (SSSR count). The Hall–Kier alpha value is -0.300. The minimum atomic E-state index is 0.961. The third kappa shape index (κ3) is 2.84. The first kappa shape index (κ1) is 14.6. The minimum absolute atomic E-state index is 0.961. The minimum Gasteiger partial charge on any atom is -0.298 e. The summed E-state index contributed by atoms with van der Waals surface area (Å²) in [6.07, 6.45) is 1.97. The van der Waals surface area contributed by atoms with E-state index in [9.17, 15) is 0 Å². The van der Waals surface area contributed by atoms with Gasteiger partial charge in [0.25, 0.3) is 0 Å². The number of thiophene rings is 1. The second-order valence-corrected chi connectivity index (χ2v) is 8.13. The van der Waals surface area contributed by atoms with Crippen LogP contribution in [0.1, 0.15) is 16.3 Å². The monoisotopic (exact) mass is 430 g/mol. The Bertz CT molecular complexity index is 735. The second kappa shape index (κ2) is 6.22. The van der Waals surface area contributed by atoms with Crippen LogP contribution in [0.3, 0.4) is 0 Å². The van der Waals surface area contributed by atoms with Crippen molar-refractivity contribution in [2.75, 3.05) is 0 Å². The first-order chi connectivity index (χ1) is 9.66. The van der Waals surface area contributed by atoms with Crippen LogP contribution in [0.25, 0.3) is 5.65 Å². The molecule has 0 atom stereocenters. The van der Waals surface area contributed by atoms with Crippen LogP contribution in [-0.4, -0.2) is 9.38 Å². The molecule has 0 amide bonds. The number of pyridine rings is 1. The van der Waals surface area contributed by atoms with E-state index in [0.717, 1.165) is 26.1 Å². The summed E-state index contributed by atoms with van der Waals surface area (Å²) in [4.78, 5) is 5.94. The van der Waals surface area contributed by atoms with Crippen molar-refractivity contribution < 1.29 is 0 Å². The molecular weight excluding hydrogens is 420 g/mol. The summed E-state index contributed by atoms with van der Waals surface area (Å²) < 4.78 is 4.33. The highest BCUT2D eigenvalue weighted by atomic mass is 79.9. The largest absolute Gasteiger partial charge is 0.298 e. The van der Waals surface area contributed by atoms with Crippen LogP contribution >= 0.6 is 55.0 Å². The van der Waals surface area contributed by atoms with Crippen molar-refractivity contribution in [1.29, 1.82) is 0 Å². The molecule has 3 heterocycles. The Morgan fingerprint density at radius 3 is 2.90 bits per heavy atom. The molecule has 0 saturated carbocycles. The zero-order chi connectivity index (χ0) is 14.1. The standard InChI is InChI=1S/C14H12Br2N2S2/c1-9-12(15)5-13(16)14-17-6-10(18(9)14)7-19-8-11-3-2-4-20-11/h2-6H,7-8H2,1H3. The summed E-state index contributed by atoms with van der Waals surface area (Å²) in [5, 5.41) is 2.13. The van der Waals surface area contributed by atoms with E-state index in [-0.39, 0.29) is 0 Å². The molecule has 0 aromatic carbocycles. The molecule has 0 saturated heterocycles. The van der Waals surface area contributed by atoms with Gasteiger partial charge in [0.05, 0.1) is 16.4 Å². The molecular formula is C14H12Br2N2S2. The summed E-state index contributed by atoms with van der Waals surface area (Å²) in [5.74, 6) is 2.02. The van der Waals surface area contributed by atoms with E-state index in [2.05, 4.69) is 71.7 Å². The predicted octanol–water partition coefficient (Wildman–Crippen LogP) is 5.66.